The third-order valence-electron chi connectivity index (χ3n) is 3.96. The highest BCUT2D eigenvalue weighted by molar-refractivity contribution is 6.02. The van der Waals surface area contributed by atoms with Crippen molar-refractivity contribution in [3.05, 3.63) is 67.1 Å². The smallest absolute Gasteiger partial charge is 0.130 e. The Morgan fingerprint density at radius 1 is 0.800 bits per heavy atom. The molecule has 0 spiro atoms. The highest BCUT2D eigenvalue weighted by Crippen LogP contribution is 2.28. The van der Waals surface area contributed by atoms with E-state index in [-0.39, 0.29) is 0 Å². The first-order chi connectivity index (χ1) is 9.93. The van der Waals surface area contributed by atoms with Crippen LogP contribution in [0.15, 0.2) is 67.1 Å². The van der Waals surface area contributed by atoms with E-state index in [0.717, 1.165) is 16.6 Å². The molecule has 3 nitrogen and oxygen atoms in total. The summed E-state index contributed by atoms with van der Waals surface area (Å²) in [4.78, 5) is 4.56. The first-order valence-corrected chi connectivity index (χ1v) is 6.67. The number of rotatable bonds is 0. The molecule has 0 fully saturated rings. The van der Waals surface area contributed by atoms with Gasteiger partial charge in [-0.2, -0.15) is 0 Å². The summed E-state index contributed by atoms with van der Waals surface area (Å²) in [5.41, 5.74) is 4.52. The van der Waals surface area contributed by atoms with E-state index in [1.165, 1.54) is 16.4 Å². The molecule has 0 saturated carbocycles. The van der Waals surface area contributed by atoms with Crippen LogP contribution in [0.4, 0.5) is 0 Å². The molecule has 0 aliphatic rings. The minimum Gasteiger partial charge on any atom is -0.300 e. The van der Waals surface area contributed by atoms with E-state index in [1.807, 2.05) is 12.3 Å². The van der Waals surface area contributed by atoms with Gasteiger partial charge in [0.25, 0.3) is 0 Å². The summed E-state index contributed by atoms with van der Waals surface area (Å²) < 4.78 is 4.46. The Bertz CT molecular complexity index is 1100. The van der Waals surface area contributed by atoms with Gasteiger partial charge < -0.3 is 4.40 Å². The van der Waals surface area contributed by atoms with Crippen LogP contribution in [0.25, 0.3) is 33.0 Å². The summed E-state index contributed by atoms with van der Waals surface area (Å²) in [7, 11) is 0. The Balaban J connectivity index is 2.26. The van der Waals surface area contributed by atoms with Crippen molar-refractivity contribution < 1.29 is 0 Å². The van der Waals surface area contributed by atoms with Crippen LogP contribution in [0.5, 0.6) is 0 Å². The molecule has 0 unspecified atom stereocenters. The predicted octanol–water partition coefficient (Wildman–Crippen LogP) is 3.89. The van der Waals surface area contributed by atoms with Gasteiger partial charge in [-0.15, -0.1) is 0 Å². The molecule has 0 aliphatic heterocycles. The fourth-order valence-corrected chi connectivity index (χ4v) is 3.12. The molecular weight excluding hydrogens is 246 g/mol. The fraction of sp³-hybridized carbons (Fsp3) is 0. The Morgan fingerprint density at radius 3 is 2.65 bits per heavy atom. The van der Waals surface area contributed by atoms with Crippen molar-refractivity contribution in [2.75, 3.05) is 0 Å². The number of hydrogen-bond acceptors (Lipinski definition) is 1. The summed E-state index contributed by atoms with van der Waals surface area (Å²) in [5.74, 6) is 0. The maximum atomic E-state index is 4.56. The number of aromatic nitrogens is 3. The molecule has 0 N–H and O–H groups in total. The largest absolute Gasteiger partial charge is 0.300 e. The molecule has 94 valence electrons. The second-order valence-corrected chi connectivity index (χ2v) is 5.04. The van der Waals surface area contributed by atoms with Crippen molar-refractivity contribution in [1.29, 1.82) is 0 Å². The maximum absolute atomic E-state index is 4.56. The van der Waals surface area contributed by atoms with Crippen molar-refractivity contribution >= 4 is 33.0 Å². The zero-order valence-corrected chi connectivity index (χ0v) is 10.7. The lowest BCUT2D eigenvalue weighted by atomic mass is 10.2. The molecule has 5 rings (SSSR count). The molecule has 0 atom stereocenters. The van der Waals surface area contributed by atoms with E-state index in [4.69, 9.17) is 0 Å². The van der Waals surface area contributed by atoms with Crippen LogP contribution < -0.4 is 0 Å². The molecule has 20 heavy (non-hydrogen) atoms. The molecule has 0 radical (unpaired) electrons. The molecule has 1 aromatic carbocycles. The average Bonchev–Trinajstić information content (AvgIpc) is 3.11. The van der Waals surface area contributed by atoms with E-state index in [9.17, 15) is 0 Å². The van der Waals surface area contributed by atoms with Crippen LogP contribution in [-0.4, -0.2) is 13.8 Å². The van der Waals surface area contributed by atoms with E-state index in [0.29, 0.717) is 0 Å². The van der Waals surface area contributed by atoms with Crippen molar-refractivity contribution in [2.45, 2.75) is 0 Å². The van der Waals surface area contributed by atoms with Crippen molar-refractivity contribution in [3.63, 3.8) is 0 Å². The fourth-order valence-electron chi connectivity index (χ4n) is 3.12. The molecule has 5 aromatic rings. The molecule has 3 heteroatoms. The highest BCUT2D eigenvalue weighted by Gasteiger charge is 2.11. The van der Waals surface area contributed by atoms with E-state index in [2.05, 4.69) is 68.6 Å². The number of fused-ring (bicyclic) bond motifs is 8. The molecule has 0 bridgehead atoms. The predicted molar refractivity (Wildman–Crippen MR) is 81.2 cm³/mol. The topological polar surface area (TPSA) is 21.7 Å². The molecule has 0 amide bonds. The average molecular weight is 257 g/mol. The highest BCUT2D eigenvalue weighted by atomic mass is 15.1. The molecule has 4 aromatic heterocycles. The van der Waals surface area contributed by atoms with Crippen LogP contribution in [0, 0.1) is 0 Å². The normalized spacial score (nSPS) is 12.0. The summed E-state index contributed by atoms with van der Waals surface area (Å²) in [6.45, 7) is 0. The van der Waals surface area contributed by atoms with Crippen LogP contribution in [0.1, 0.15) is 0 Å². The lowest BCUT2D eigenvalue weighted by molar-refractivity contribution is 1.14. The number of hydrogen-bond donors (Lipinski definition) is 0. The first-order valence-electron chi connectivity index (χ1n) is 6.67. The van der Waals surface area contributed by atoms with Gasteiger partial charge in [-0.1, -0.05) is 24.3 Å². The Kier molecular flexibility index (Phi) is 1.70. The molecule has 4 heterocycles. The molecular formula is C17H11N3. The van der Waals surface area contributed by atoms with Gasteiger partial charge in [0.2, 0.25) is 0 Å². The van der Waals surface area contributed by atoms with Crippen LogP contribution in [-0.2, 0) is 0 Å². The standard InChI is InChI=1S/C17H11N3/c1-2-6-13-12(5-1)11-20-15-7-3-9-18-16(15)14-8-4-10-19(14)17(13)20/h1-11H. The van der Waals surface area contributed by atoms with Gasteiger partial charge in [0, 0.05) is 29.4 Å². The second kappa shape index (κ2) is 3.39. The van der Waals surface area contributed by atoms with Gasteiger partial charge in [-0.3, -0.25) is 9.38 Å². The van der Waals surface area contributed by atoms with Gasteiger partial charge in [0.15, 0.2) is 0 Å². The third kappa shape index (κ3) is 1.08. The second-order valence-electron chi connectivity index (χ2n) is 5.04. The van der Waals surface area contributed by atoms with Gasteiger partial charge in [0.05, 0.1) is 11.0 Å². The quantitative estimate of drug-likeness (QED) is 0.412. The summed E-state index contributed by atoms with van der Waals surface area (Å²) >= 11 is 0. The number of benzene rings is 1. The Labute approximate surface area is 114 Å². The summed E-state index contributed by atoms with van der Waals surface area (Å²) in [6, 6.07) is 16.8. The first kappa shape index (κ1) is 10.0. The van der Waals surface area contributed by atoms with E-state index >= 15 is 0 Å². The van der Waals surface area contributed by atoms with E-state index < -0.39 is 0 Å². The van der Waals surface area contributed by atoms with Crippen LogP contribution in [0.2, 0.25) is 0 Å². The zero-order valence-electron chi connectivity index (χ0n) is 10.7. The summed E-state index contributed by atoms with van der Waals surface area (Å²) in [6.07, 6.45) is 6.14. The van der Waals surface area contributed by atoms with Crippen LogP contribution in [0.3, 0.4) is 0 Å². The monoisotopic (exact) mass is 257 g/mol. The SMILES string of the molecule is c1ccc2c(c1)cn1c3cccnc3c3cccn3c21. The Morgan fingerprint density at radius 2 is 1.65 bits per heavy atom. The van der Waals surface area contributed by atoms with Gasteiger partial charge >= 0.3 is 0 Å². The minimum absolute atomic E-state index is 1.03. The van der Waals surface area contributed by atoms with Gasteiger partial charge in [-0.25, -0.2) is 0 Å². The lowest BCUT2D eigenvalue weighted by Gasteiger charge is -2.07. The Hall–Kier alpha value is -2.81. The number of pyridine rings is 1. The van der Waals surface area contributed by atoms with Gasteiger partial charge in [0.1, 0.15) is 11.2 Å². The van der Waals surface area contributed by atoms with Crippen molar-refractivity contribution in [1.82, 2.24) is 13.8 Å². The number of nitrogens with zero attached hydrogens (tertiary/aromatic N) is 3. The minimum atomic E-state index is 1.03. The molecule has 0 aliphatic carbocycles. The van der Waals surface area contributed by atoms with E-state index in [1.54, 1.807) is 0 Å². The van der Waals surface area contributed by atoms with Gasteiger partial charge in [-0.05, 0) is 24.3 Å². The van der Waals surface area contributed by atoms with Crippen LogP contribution >= 0.6 is 0 Å². The summed E-state index contributed by atoms with van der Waals surface area (Å²) in [5, 5.41) is 2.51. The van der Waals surface area contributed by atoms with Crippen molar-refractivity contribution in [3.8, 4) is 0 Å². The lowest BCUT2D eigenvalue weighted by Crippen LogP contribution is -1.96. The maximum Gasteiger partial charge on any atom is 0.130 e. The molecule has 0 saturated heterocycles. The third-order valence-corrected chi connectivity index (χ3v) is 3.96. The van der Waals surface area contributed by atoms with Crippen molar-refractivity contribution in [2.24, 2.45) is 0 Å². The zero-order chi connectivity index (χ0) is 13.1.